The molecule has 1 fully saturated rings. The van der Waals surface area contributed by atoms with Gasteiger partial charge in [-0.15, -0.1) is 11.8 Å². The standard InChI is InChI=1S/C49H71N11O16S/c1-5-37(62)52-19-9-8-12-31(56-38(63)6-2)48(73)58-33(46(51)71)27-77-36-25-43(68)60(49(36)74)21-17-39(64)54-26-32(45(50)70)57-47(72)30(55-28(3)61)11-7-10-20-53-40(65)24-29-13-14-34(35(23-29)75-4)76-44(69)18-22-59-41(66)15-16-42(59)67/h13-16,23,30-33,36,45,70H,5-12,17-22,24-27,50H2,1-4H3,(H2,51,71)(H,52,62)(H,53,65)(H,54,64)(H,55,61)(H,56,63)(H,57,72)(H,58,73). The van der Waals surface area contributed by atoms with Crippen molar-refractivity contribution in [2.24, 2.45) is 11.5 Å². The molecule has 2 aliphatic rings. The summed E-state index contributed by atoms with van der Waals surface area (Å²) < 4.78 is 10.7. The monoisotopic (exact) mass is 1100 g/mol. The Morgan fingerprint density at radius 1 is 0.727 bits per heavy atom. The lowest BCUT2D eigenvalue weighted by Crippen LogP contribution is -2.57. The molecule has 27 nitrogen and oxygen atoms in total. The van der Waals surface area contributed by atoms with Crippen LogP contribution in [0, 0.1) is 0 Å². The molecule has 3 rings (SSSR count). The van der Waals surface area contributed by atoms with Crippen LogP contribution in [0.25, 0.3) is 0 Å². The second kappa shape index (κ2) is 32.9. The average molecular weight is 1100 g/mol. The Balaban J connectivity index is 1.43. The van der Waals surface area contributed by atoms with Crippen molar-refractivity contribution >= 4 is 88.6 Å². The Kier molecular flexibility index (Phi) is 27.2. The van der Waals surface area contributed by atoms with Gasteiger partial charge in [0.1, 0.15) is 24.4 Å². The Hall–Kier alpha value is -7.46. The number of thioether (sulfide) groups is 1. The van der Waals surface area contributed by atoms with Crippen LogP contribution < -0.4 is 58.2 Å². The number of amides is 12. The van der Waals surface area contributed by atoms with Gasteiger partial charge in [-0.2, -0.15) is 0 Å². The van der Waals surface area contributed by atoms with Gasteiger partial charge in [0.05, 0.1) is 31.2 Å². The number of methoxy groups -OCH3 is 1. The highest BCUT2D eigenvalue weighted by Gasteiger charge is 2.40. The maximum Gasteiger partial charge on any atom is 0.313 e. The van der Waals surface area contributed by atoms with Gasteiger partial charge in [0.15, 0.2) is 11.5 Å². The normalized spacial score (nSPS) is 15.9. The molecule has 1 aromatic carbocycles. The van der Waals surface area contributed by atoms with Crippen LogP contribution in [-0.4, -0.2) is 173 Å². The van der Waals surface area contributed by atoms with E-state index in [1.807, 2.05) is 0 Å². The lowest BCUT2D eigenvalue weighted by Gasteiger charge is -2.25. The quantitative estimate of drug-likeness (QED) is 0.0106. The number of aliphatic hydroxyl groups is 1. The van der Waals surface area contributed by atoms with E-state index in [1.54, 1.807) is 19.9 Å². The summed E-state index contributed by atoms with van der Waals surface area (Å²) in [6.45, 7) is 4.22. The lowest BCUT2D eigenvalue weighted by atomic mass is 10.1. The predicted molar refractivity (Wildman–Crippen MR) is 275 cm³/mol. The van der Waals surface area contributed by atoms with Crippen molar-refractivity contribution in [3.05, 3.63) is 35.9 Å². The third kappa shape index (κ3) is 22.3. The fourth-order valence-corrected chi connectivity index (χ4v) is 8.76. The molecule has 6 atom stereocenters. The zero-order chi connectivity index (χ0) is 57.2. The van der Waals surface area contributed by atoms with Crippen LogP contribution in [0.2, 0.25) is 0 Å². The number of nitrogens with two attached hydrogens (primary N) is 2. The van der Waals surface area contributed by atoms with Gasteiger partial charge in [-0.3, -0.25) is 72.1 Å². The molecule has 6 unspecified atom stereocenters. The van der Waals surface area contributed by atoms with Gasteiger partial charge in [0.25, 0.3) is 11.8 Å². The average Bonchev–Trinajstić information content (AvgIpc) is 3.85. The molecule has 0 aliphatic carbocycles. The van der Waals surface area contributed by atoms with Crippen LogP contribution in [0.1, 0.15) is 97.0 Å². The maximum atomic E-state index is 13.3. The number of benzene rings is 1. The molecule has 28 heteroatoms. The molecule has 77 heavy (non-hydrogen) atoms. The molecular weight excluding hydrogens is 1030 g/mol. The molecule has 0 bridgehead atoms. The number of nitrogens with one attached hydrogen (secondary N) is 7. The van der Waals surface area contributed by atoms with Crippen LogP contribution in [0.5, 0.6) is 11.5 Å². The number of carbonyl (C=O) groups excluding carboxylic acids is 13. The van der Waals surface area contributed by atoms with Crippen LogP contribution >= 0.6 is 11.8 Å². The van der Waals surface area contributed by atoms with Crippen LogP contribution in [-0.2, 0) is 68.7 Å². The first kappa shape index (κ1) is 63.8. The molecule has 1 aromatic rings. The van der Waals surface area contributed by atoms with Crippen molar-refractivity contribution in [3.8, 4) is 11.5 Å². The maximum absolute atomic E-state index is 13.3. The summed E-state index contributed by atoms with van der Waals surface area (Å²) in [6.07, 6.45) is 2.02. The van der Waals surface area contributed by atoms with Crippen molar-refractivity contribution < 1.29 is 76.9 Å². The van der Waals surface area contributed by atoms with Gasteiger partial charge < -0.3 is 63.3 Å². The molecule has 0 spiro atoms. The molecule has 12 amide bonds. The van der Waals surface area contributed by atoms with E-state index in [2.05, 4.69) is 37.2 Å². The molecule has 0 saturated carbocycles. The highest BCUT2D eigenvalue weighted by molar-refractivity contribution is 8.00. The third-order valence-corrected chi connectivity index (χ3v) is 13.2. The minimum absolute atomic E-state index is 0.0676. The number of esters is 1. The van der Waals surface area contributed by atoms with Crippen LogP contribution in [0.3, 0.4) is 0 Å². The Morgan fingerprint density at radius 3 is 1.91 bits per heavy atom. The molecular formula is C49H71N11O16S. The van der Waals surface area contributed by atoms with E-state index in [1.165, 1.54) is 26.2 Å². The van der Waals surface area contributed by atoms with E-state index >= 15 is 0 Å². The fraction of sp³-hybridized carbons (Fsp3) is 0.571. The molecule has 0 aromatic heterocycles. The number of carbonyl (C=O) groups is 13. The number of ether oxygens (including phenoxy) is 2. The first-order valence-corrected chi connectivity index (χ1v) is 26.2. The van der Waals surface area contributed by atoms with Gasteiger partial charge in [0, 0.05) is 83.2 Å². The summed E-state index contributed by atoms with van der Waals surface area (Å²) >= 11 is 0.907. The number of unbranched alkanes of at least 4 members (excludes halogenated alkanes) is 2. The van der Waals surface area contributed by atoms with Gasteiger partial charge in [-0.1, -0.05) is 19.9 Å². The molecule has 12 N–H and O–H groups in total. The van der Waals surface area contributed by atoms with Gasteiger partial charge in [-0.05, 0) is 56.2 Å². The van der Waals surface area contributed by atoms with Crippen LogP contribution in [0.15, 0.2) is 30.4 Å². The zero-order valence-electron chi connectivity index (χ0n) is 43.6. The summed E-state index contributed by atoms with van der Waals surface area (Å²) in [4.78, 5) is 164. The van der Waals surface area contributed by atoms with E-state index < -0.39 is 101 Å². The number of primary amides is 1. The van der Waals surface area contributed by atoms with E-state index in [-0.39, 0.29) is 100 Å². The fourth-order valence-electron chi connectivity index (χ4n) is 7.55. The largest absolute Gasteiger partial charge is 0.493 e. The molecule has 2 aliphatic heterocycles. The summed E-state index contributed by atoms with van der Waals surface area (Å²) in [5, 5.41) is 27.5. The summed E-state index contributed by atoms with van der Waals surface area (Å²) in [6, 6.07) is -0.112. The summed E-state index contributed by atoms with van der Waals surface area (Å²) in [5.74, 6) is -7.38. The number of rotatable bonds is 35. The number of aliphatic hydroxyl groups excluding tert-OH is 1. The highest BCUT2D eigenvalue weighted by Crippen LogP contribution is 2.29. The first-order valence-electron chi connectivity index (χ1n) is 25.1. The van der Waals surface area contributed by atoms with E-state index in [0.717, 1.165) is 33.7 Å². The SMILES string of the molecule is CCC(=O)NCCCCC(NC(=O)CC)C(=O)NC(CSC1CC(=O)N(CCC(=O)NCC(NC(=O)C(CCCCNC(=O)Cc2ccc(OC(=O)CCN3C(=O)C=CC3=O)c(OC)c2)NC(C)=O)C(N)O)C1=O)C(N)=O. The minimum atomic E-state index is -1.68. The van der Waals surface area contributed by atoms with Crippen molar-refractivity contribution in [3.63, 3.8) is 0 Å². The number of hydrogen-bond acceptors (Lipinski definition) is 18. The van der Waals surface area contributed by atoms with Crippen molar-refractivity contribution in [1.29, 1.82) is 0 Å². The number of hydrogen-bond donors (Lipinski definition) is 10. The van der Waals surface area contributed by atoms with E-state index in [0.29, 0.717) is 44.2 Å². The summed E-state index contributed by atoms with van der Waals surface area (Å²) in [5.41, 5.74) is 11.8. The summed E-state index contributed by atoms with van der Waals surface area (Å²) in [7, 11) is 1.35. The molecule has 0 radical (unpaired) electrons. The van der Waals surface area contributed by atoms with Gasteiger partial charge >= 0.3 is 5.97 Å². The van der Waals surface area contributed by atoms with E-state index in [9.17, 15) is 67.4 Å². The Morgan fingerprint density at radius 2 is 1.32 bits per heavy atom. The topological polar surface area (TPSA) is 403 Å². The van der Waals surface area contributed by atoms with Crippen molar-refractivity contribution in [2.45, 2.75) is 133 Å². The molecule has 2 heterocycles. The van der Waals surface area contributed by atoms with Crippen LogP contribution in [0.4, 0.5) is 0 Å². The van der Waals surface area contributed by atoms with Gasteiger partial charge in [-0.25, -0.2) is 0 Å². The number of imide groups is 2. The Bertz CT molecular complexity index is 2350. The number of likely N-dealkylation sites (tertiary alicyclic amines) is 1. The second-order valence-corrected chi connectivity index (χ2v) is 19.1. The molecule has 424 valence electrons. The smallest absolute Gasteiger partial charge is 0.313 e. The minimum Gasteiger partial charge on any atom is -0.493 e. The van der Waals surface area contributed by atoms with Crippen molar-refractivity contribution in [1.82, 2.24) is 47.0 Å². The lowest BCUT2D eigenvalue weighted by molar-refractivity contribution is -0.141. The van der Waals surface area contributed by atoms with Crippen molar-refractivity contribution in [2.75, 3.05) is 45.6 Å². The van der Waals surface area contributed by atoms with E-state index in [4.69, 9.17) is 20.9 Å². The Labute approximate surface area is 449 Å². The first-order chi connectivity index (χ1) is 36.6. The zero-order valence-corrected chi connectivity index (χ0v) is 44.4. The molecule has 1 saturated heterocycles. The predicted octanol–water partition coefficient (Wildman–Crippen LogP) is -3.06. The number of nitrogens with zero attached hydrogens (tertiary/aromatic N) is 2. The highest BCUT2D eigenvalue weighted by atomic mass is 32.2. The van der Waals surface area contributed by atoms with Gasteiger partial charge in [0.2, 0.25) is 59.1 Å². The third-order valence-electron chi connectivity index (χ3n) is 11.9. The second-order valence-electron chi connectivity index (χ2n) is 17.9.